The first-order valence-electron chi connectivity index (χ1n) is 6.84. The number of hydrogen-bond acceptors (Lipinski definition) is 3. The zero-order chi connectivity index (χ0) is 15.9. The number of Topliss-reactive ketones (excluding diaryl/α,β-unsaturated/α-hetero) is 1. The monoisotopic (exact) mass is 407 g/mol. The summed E-state index contributed by atoms with van der Waals surface area (Å²) in [5.74, 6) is -0.810. The normalized spacial score (nSPS) is 19.7. The molecule has 1 amide bonds. The molecule has 3 rings (SSSR count). The van der Waals surface area contributed by atoms with Gasteiger partial charge in [0.05, 0.1) is 6.42 Å². The minimum absolute atomic E-state index is 0.261. The van der Waals surface area contributed by atoms with Gasteiger partial charge >= 0.3 is 0 Å². The van der Waals surface area contributed by atoms with E-state index in [0.717, 1.165) is 9.13 Å². The van der Waals surface area contributed by atoms with E-state index in [0.29, 0.717) is 16.8 Å². The van der Waals surface area contributed by atoms with Crippen LogP contribution in [0.25, 0.3) is 0 Å². The Kier molecular flexibility index (Phi) is 3.78. The summed E-state index contributed by atoms with van der Waals surface area (Å²) in [4.78, 5) is 24.6. The van der Waals surface area contributed by atoms with Gasteiger partial charge in [-0.05, 0) is 47.7 Å². The summed E-state index contributed by atoms with van der Waals surface area (Å²) in [6.07, 6.45) is -0.268. The van der Waals surface area contributed by atoms with Crippen LogP contribution < -0.4 is 5.32 Å². The van der Waals surface area contributed by atoms with Crippen LogP contribution in [-0.4, -0.2) is 16.8 Å². The topological polar surface area (TPSA) is 66.4 Å². The predicted molar refractivity (Wildman–Crippen MR) is 91.8 cm³/mol. The highest BCUT2D eigenvalue weighted by Crippen LogP contribution is 2.39. The van der Waals surface area contributed by atoms with Crippen LogP contribution in [0.1, 0.15) is 27.9 Å². The fourth-order valence-electron chi connectivity index (χ4n) is 2.60. The Morgan fingerprint density at radius 3 is 2.59 bits per heavy atom. The van der Waals surface area contributed by atoms with Crippen LogP contribution in [0.4, 0.5) is 5.69 Å². The average Bonchev–Trinajstić information content (AvgIpc) is 2.71. The van der Waals surface area contributed by atoms with Crippen LogP contribution in [0.15, 0.2) is 42.5 Å². The molecule has 0 radical (unpaired) electrons. The molecule has 0 saturated carbocycles. The molecule has 0 spiro atoms. The van der Waals surface area contributed by atoms with Gasteiger partial charge < -0.3 is 10.4 Å². The number of ketones is 1. The van der Waals surface area contributed by atoms with Crippen molar-refractivity contribution in [3.05, 3.63) is 62.7 Å². The molecule has 1 aliphatic heterocycles. The van der Waals surface area contributed by atoms with Crippen LogP contribution in [0.5, 0.6) is 0 Å². The molecule has 0 saturated heterocycles. The predicted octanol–water partition coefficient (Wildman–Crippen LogP) is 3.01. The quantitative estimate of drug-likeness (QED) is 0.608. The number of anilines is 1. The number of carbonyl (C=O) groups excluding carboxylic acids is 2. The van der Waals surface area contributed by atoms with Gasteiger partial charge in [0.1, 0.15) is 0 Å². The lowest BCUT2D eigenvalue weighted by Gasteiger charge is -2.20. The highest BCUT2D eigenvalue weighted by molar-refractivity contribution is 14.1. The maximum atomic E-state index is 12.4. The van der Waals surface area contributed by atoms with Crippen molar-refractivity contribution in [1.29, 1.82) is 0 Å². The van der Waals surface area contributed by atoms with Gasteiger partial charge in [-0.1, -0.05) is 29.8 Å². The number of hydrogen-bond donors (Lipinski definition) is 2. The second kappa shape index (κ2) is 5.48. The van der Waals surface area contributed by atoms with Gasteiger partial charge in [-0.3, -0.25) is 9.59 Å². The Balaban J connectivity index is 1.94. The maximum Gasteiger partial charge on any atom is 0.261 e. The van der Waals surface area contributed by atoms with E-state index in [4.69, 9.17) is 0 Å². The van der Waals surface area contributed by atoms with Gasteiger partial charge in [0, 0.05) is 20.4 Å². The molecule has 2 aromatic carbocycles. The summed E-state index contributed by atoms with van der Waals surface area (Å²) in [5.41, 5.74) is 0.643. The van der Waals surface area contributed by atoms with E-state index in [9.17, 15) is 14.7 Å². The number of aliphatic hydroxyl groups is 1. The third-order valence-corrected chi connectivity index (χ3v) is 4.55. The van der Waals surface area contributed by atoms with Crippen molar-refractivity contribution in [2.75, 3.05) is 5.32 Å². The molecule has 1 aliphatic rings. The highest BCUT2D eigenvalue weighted by Gasteiger charge is 2.46. The van der Waals surface area contributed by atoms with Crippen LogP contribution in [0.2, 0.25) is 0 Å². The van der Waals surface area contributed by atoms with Gasteiger partial charge in [0.2, 0.25) is 0 Å². The summed E-state index contributed by atoms with van der Waals surface area (Å²) in [6, 6.07) is 12.4. The third-order valence-electron chi connectivity index (χ3n) is 3.83. The van der Waals surface area contributed by atoms with E-state index < -0.39 is 11.5 Å². The third kappa shape index (κ3) is 2.55. The average molecular weight is 407 g/mol. The second-order valence-electron chi connectivity index (χ2n) is 5.47. The lowest BCUT2D eigenvalue weighted by molar-refractivity contribution is -0.133. The molecule has 0 fully saturated rings. The smallest absolute Gasteiger partial charge is 0.261 e. The number of halogens is 1. The number of benzene rings is 2. The molecule has 2 aromatic rings. The Labute approximate surface area is 141 Å². The minimum atomic E-state index is -1.80. The summed E-state index contributed by atoms with van der Waals surface area (Å²) in [7, 11) is 0. The van der Waals surface area contributed by atoms with Crippen molar-refractivity contribution in [3.63, 3.8) is 0 Å². The molecule has 1 atom stereocenters. The van der Waals surface area contributed by atoms with E-state index in [1.54, 1.807) is 24.3 Å². The second-order valence-corrected chi connectivity index (χ2v) is 6.72. The Morgan fingerprint density at radius 1 is 1.23 bits per heavy atom. The molecule has 0 bridgehead atoms. The minimum Gasteiger partial charge on any atom is -0.375 e. The molecule has 22 heavy (non-hydrogen) atoms. The summed E-state index contributed by atoms with van der Waals surface area (Å²) in [6.45, 7) is 1.88. The largest absolute Gasteiger partial charge is 0.375 e. The van der Waals surface area contributed by atoms with Gasteiger partial charge in [-0.2, -0.15) is 0 Å². The summed E-state index contributed by atoms with van der Waals surface area (Å²) in [5, 5.41) is 13.4. The lowest BCUT2D eigenvalue weighted by Crippen LogP contribution is -2.36. The fourth-order valence-corrected chi connectivity index (χ4v) is 2.96. The van der Waals surface area contributed by atoms with Gasteiger partial charge in [-0.15, -0.1) is 0 Å². The molecule has 4 nitrogen and oxygen atoms in total. The molecule has 5 heteroatoms. The Morgan fingerprint density at radius 2 is 1.91 bits per heavy atom. The molecular weight excluding hydrogens is 393 g/mol. The van der Waals surface area contributed by atoms with Crippen LogP contribution in [0, 0.1) is 10.5 Å². The number of rotatable bonds is 3. The van der Waals surface area contributed by atoms with Crippen LogP contribution in [-0.2, 0) is 10.4 Å². The number of nitrogens with one attached hydrogen (secondary N) is 1. The van der Waals surface area contributed by atoms with Crippen molar-refractivity contribution in [2.24, 2.45) is 0 Å². The first-order chi connectivity index (χ1) is 10.4. The molecule has 112 valence electrons. The number of carbonyl (C=O) groups is 2. The van der Waals surface area contributed by atoms with Crippen molar-refractivity contribution < 1.29 is 14.7 Å². The van der Waals surface area contributed by atoms with Crippen LogP contribution in [0.3, 0.4) is 0 Å². The van der Waals surface area contributed by atoms with E-state index in [-0.39, 0.29) is 12.2 Å². The highest BCUT2D eigenvalue weighted by atomic mass is 127. The molecule has 0 unspecified atom stereocenters. The van der Waals surface area contributed by atoms with Crippen molar-refractivity contribution in [1.82, 2.24) is 0 Å². The van der Waals surface area contributed by atoms with Gasteiger partial charge in [0.25, 0.3) is 5.91 Å². The first-order valence-corrected chi connectivity index (χ1v) is 7.92. The van der Waals surface area contributed by atoms with Crippen molar-refractivity contribution in [2.45, 2.75) is 18.9 Å². The van der Waals surface area contributed by atoms with Crippen molar-refractivity contribution in [3.8, 4) is 0 Å². The summed E-state index contributed by atoms with van der Waals surface area (Å²) < 4.78 is 1.02. The molecule has 1 heterocycles. The van der Waals surface area contributed by atoms with E-state index in [1.807, 2.05) is 25.1 Å². The van der Waals surface area contributed by atoms with Gasteiger partial charge in [0.15, 0.2) is 11.4 Å². The molecular formula is C17H14INO3. The molecule has 0 aromatic heterocycles. The number of fused-ring (bicyclic) bond motifs is 1. The lowest BCUT2D eigenvalue weighted by atomic mass is 9.87. The number of amides is 1. The summed E-state index contributed by atoms with van der Waals surface area (Å²) >= 11 is 2.16. The van der Waals surface area contributed by atoms with E-state index in [1.165, 1.54) is 0 Å². The number of aryl methyl sites for hydroxylation is 1. The van der Waals surface area contributed by atoms with E-state index >= 15 is 0 Å². The SMILES string of the molecule is Cc1ccc2c(c1)[C@@](O)(CC(=O)c1ccc(I)cc1)C(=O)N2. The first kappa shape index (κ1) is 15.2. The zero-order valence-corrected chi connectivity index (χ0v) is 14.0. The van der Waals surface area contributed by atoms with Gasteiger partial charge in [-0.25, -0.2) is 0 Å². The maximum absolute atomic E-state index is 12.4. The zero-order valence-electron chi connectivity index (χ0n) is 11.9. The Hall–Kier alpha value is -1.73. The molecule has 2 N–H and O–H groups in total. The van der Waals surface area contributed by atoms with Crippen molar-refractivity contribution >= 4 is 40.0 Å². The Bertz CT molecular complexity index is 770. The fraction of sp³-hybridized carbons (Fsp3) is 0.176. The van der Waals surface area contributed by atoms with E-state index in [2.05, 4.69) is 27.9 Å². The molecule has 0 aliphatic carbocycles. The van der Waals surface area contributed by atoms with Crippen LogP contribution >= 0.6 is 22.6 Å². The standard InChI is InChI=1S/C17H14INO3/c1-10-2-7-14-13(8-10)17(22,16(21)19-14)9-15(20)11-3-5-12(18)6-4-11/h2-8,22H,9H2,1H3,(H,19,21)/t17-/m0/s1.